The lowest BCUT2D eigenvalue weighted by Crippen LogP contribution is -2.19. The Kier molecular flexibility index (Phi) is 5.69. The zero-order valence-electron chi connectivity index (χ0n) is 18.4. The van der Waals surface area contributed by atoms with Gasteiger partial charge in [0.05, 0.1) is 33.4 Å². The van der Waals surface area contributed by atoms with Crippen LogP contribution in [0.3, 0.4) is 0 Å². The minimum Gasteiger partial charge on any atom is -0.308 e. The third kappa shape index (κ3) is 3.77. The Bertz CT molecular complexity index is 1630. The molecule has 12 heteroatoms. The average molecular weight is 545 g/mol. The number of benzene rings is 4. The first-order valence-electron chi connectivity index (χ1n) is 10.6. The summed E-state index contributed by atoms with van der Waals surface area (Å²) in [5, 5.41) is 0.626. The Balaban J connectivity index is 2.00. The average Bonchev–Trinajstić information content (AvgIpc) is 3.19. The molecule has 0 bridgehead atoms. The van der Waals surface area contributed by atoms with Gasteiger partial charge in [0.25, 0.3) is 0 Å². The van der Waals surface area contributed by atoms with E-state index in [1.165, 1.54) is 48.5 Å². The second-order valence-corrected chi connectivity index (χ2v) is 8.23. The molecule has 0 fully saturated rings. The maximum Gasteiger partial charge on any atom is 0.418 e. The number of halogens is 11. The van der Waals surface area contributed by atoms with Crippen molar-refractivity contribution in [3.8, 4) is 16.8 Å². The van der Waals surface area contributed by atoms with Gasteiger partial charge in [-0.3, -0.25) is 0 Å². The molecule has 0 aliphatic carbocycles. The summed E-state index contributed by atoms with van der Waals surface area (Å²) in [5.74, 6) is -12.8. The Morgan fingerprint density at radius 2 is 0.868 bits per heavy atom. The van der Waals surface area contributed by atoms with Gasteiger partial charge < -0.3 is 4.57 Å². The summed E-state index contributed by atoms with van der Waals surface area (Å²) in [5.41, 5.74) is -8.94. The molecular formula is C26H10F11N. The predicted octanol–water partition coefficient (Wildman–Crippen LogP) is 9.18. The zero-order chi connectivity index (χ0) is 27.7. The van der Waals surface area contributed by atoms with Gasteiger partial charge in [0.1, 0.15) is 0 Å². The number of aromatic nitrogens is 1. The van der Waals surface area contributed by atoms with Gasteiger partial charge in [-0.15, -0.1) is 0 Å². The van der Waals surface area contributed by atoms with E-state index in [0.29, 0.717) is 15.3 Å². The third-order valence-corrected chi connectivity index (χ3v) is 6.02. The molecule has 0 unspecified atom stereocenters. The number of fused-ring (bicyclic) bond motifs is 3. The van der Waals surface area contributed by atoms with E-state index in [2.05, 4.69) is 0 Å². The van der Waals surface area contributed by atoms with Crippen molar-refractivity contribution in [2.24, 2.45) is 0 Å². The van der Waals surface area contributed by atoms with Gasteiger partial charge in [-0.1, -0.05) is 36.4 Å². The molecule has 0 spiro atoms. The molecule has 4 aromatic carbocycles. The molecule has 0 saturated carbocycles. The van der Waals surface area contributed by atoms with Gasteiger partial charge in [0.15, 0.2) is 23.3 Å². The Morgan fingerprint density at radius 1 is 0.500 bits per heavy atom. The molecule has 0 aliphatic heterocycles. The minimum atomic E-state index is -5.55. The van der Waals surface area contributed by atoms with Gasteiger partial charge >= 0.3 is 12.4 Å². The van der Waals surface area contributed by atoms with Crippen molar-refractivity contribution >= 4 is 21.8 Å². The molecule has 5 aromatic rings. The lowest BCUT2D eigenvalue weighted by Gasteiger charge is -2.23. The second kappa shape index (κ2) is 8.47. The highest BCUT2D eigenvalue weighted by molar-refractivity contribution is 6.09. The van der Waals surface area contributed by atoms with Gasteiger partial charge in [-0.2, -0.15) is 26.3 Å². The van der Waals surface area contributed by atoms with Crippen LogP contribution >= 0.6 is 0 Å². The van der Waals surface area contributed by atoms with Crippen LogP contribution in [0.15, 0.2) is 60.7 Å². The quantitative estimate of drug-likeness (QED) is 0.118. The van der Waals surface area contributed by atoms with Gasteiger partial charge in [0, 0.05) is 10.8 Å². The molecule has 5 rings (SSSR count). The Morgan fingerprint density at radius 3 is 1.26 bits per heavy atom. The molecule has 1 nitrogen and oxygen atoms in total. The number of nitrogens with zero attached hydrogens (tertiary/aromatic N) is 1. The van der Waals surface area contributed by atoms with Crippen LogP contribution in [0.2, 0.25) is 0 Å². The van der Waals surface area contributed by atoms with Crippen LogP contribution in [0.5, 0.6) is 0 Å². The number of para-hydroxylation sites is 2. The zero-order valence-corrected chi connectivity index (χ0v) is 18.4. The van der Waals surface area contributed by atoms with Gasteiger partial charge in [-0.25, -0.2) is 22.0 Å². The highest BCUT2D eigenvalue weighted by Gasteiger charge is 2.43. The summed E-state index contributed by atoms with van der Waals surface area (Å²) in [7, 11) is 0. The maximum atomic E-state index is 14.4. The number of hydrogen-bond donors (Lipinski definition) is 0. The van der Waals surface area contributed by atoms with Crippen molar-refractivity contribution in [2.45, 2.75) is 12.4 Å². The molecule has 1 heterocycles. The van der Waals surface area contributed by atoms with Crippen LogP contribution in [-0.2, 0) is 12.4 Å². The second-order valence-electron chi connectivity index (χ2n) is 8.23. The van der Waals surface area contributed by atoms with Crippen molar-refractivity contribution in [1.82, 2.24) is 4.57 Å². The van der Waals surface area contributed by atoms with Gasteiger partial charge in [-0.05, 0) is 29.8 Å². The summed E-state index contributed by atoms with van der Waals surface area (Å²) < 4.78 is 157. The summed E-state index contributed by atoms with van der Waals surface area (Å²) in [4.78, 5) is 0. The summed E-state index contributed by atoms with van der Waals surface area (Å²) in [6.07, 6.45) is -11.1. The SMILES string of the molecule is Fc1c(F)c(F)c(-c2cc(C(F)(F)F)c(-n3c4ccccc4c4ccccc43)c(C(F)(F)F)c2)c(F)c1F. The molecule has 0 N–H and O–H groups in total. The molecule has 38 heavy (non-hydrogen) atoms. The summed E-state index contributed by atoms with van der Waals surface area (Å²) >= 11 is 0. The molecule has 1 aromatic heterocycles. The molecule has 0 atom stereocenters. The lowest BCUT2D eigenvalue weighted by molar-refractivity contribution is -0.142. The standard InChI is InChI=1S/C26H10F11N/c27-19-18(20(28)22(30)23(31)21(19)29)11-9-14(25(32,33)34)24(15(10-11)26(35,36)37)38-16-7-3-1-5-12(16)13-6-2-4-8-17(13)38/h1-10H. The predicted molar refractivity (Wildman–Crippen MR) is 116 cm³/mol. The maximum absolute atomic E-state index is 14.4. The largest absolute Gasteiger partial charge is 0.418 e. The fraction of sp³-hybridized carbons (Fsp3) is 0.0769. The first kappa shape index (κ1) is 25.6. The van der Waals surface area contributed by atoms with Crippen molar-refractivity contribution in [1.29, 1.82) is 0 Å². The highest BCUT2D eigenvalue weighted by Crippen LogP contribution is 2.47. The van der Waals surface area contributed by atoms with E-state index in [1.54, 1.807) is 0 Å². The highest BCUT2D eigenvalue weighted by atomic mass is 19.4. The van der Waals surface area contributed by atoms with Crippen LogP contribution in [0.1, 0.15) is 11.1 Å². The van der Waals surface area contributed by atoms with Crippen LogP contribution < -0.4 is 0 Å². The van der Waals surface area contributed by atoms with Crippen molar-refractivity contribution in [2.75, 3.05) is 0 Å². The van der Waals surface area contributed by atoms with Crippen LogP contribution in [-0.4, -0.2) is 4.57 Å². The molecule has 0 saturated heterocycles. The van der Waals surface area contributed by atoms with E-state index in [1.807, 2.05) is 0 Å². The summed E-state index contributed by atoms with van der Waals surface area (Å²) in [6.45, 7) is 0. The number of alkyl halides is 6. The lowest BCUT2D eigenvalue weighted by atomic mass is 9.95. The van der Waals surface area contributed by atoms with E-state index in [4.69, 9.17) is 0 Å². The Labute approximate surface area is 205 Å². The Hall–Kier alpha value is -4.09. The van der Waals surface area contributed by atoms with E-state index >= 15 is 0 Å². The van der Waals surface area contributed by atoms with Crippen LogP contribution in [0.25, 0.3) is 38.6 Å². The van der Waals surface area contributed by atoms with Gasteiger partial charge in [0.2, 0.25) is 5.82 Å². The molecule has 0 radical (unpaired) electrons. The molecule has 0 amide bonds. The van der Waals surface area contributed by atoms with Crippen LogP contribution in [0, 0.1) is 29.1 Å². The fourth-order valence-electron chi connectivity index (χ4n) is 4.47. The third-order valence-electron chi connectivity index (χ3n) is 6.02. The molecular weight excluding hydrogens is 535 g/mol. The summed E-state index contributed by atoms with van der Waals surface area (Å²) in [6, 6.07) is 11.3. The molecule has 0 aliphatic rings. The molecule has 196 valence electrons. The fourth-order valence-corrected chi connectivity index (χ4v) is 4.47. The van der Waals surface area contributed by atoms with E-state index < -0.39 is 69.4 Å². The topological polar surface area (TPSA) is 4.93 Å². The van der Waals surface area contributed by atoms with E-state index in [0.717, 1.165) is 0 Å². The first-order chi connectivity index (χ1) is 17.7. The van der Waals surface area contributed by atoms with Crippen LogP contribution in [0.4, 0.5) is 48.3 Å². The van der Waals surface area contributed by atoms with Crippen molar-refractivity contribution in [3.63, 3.8) is 0 Å². The van der Waals surface area contributed by atoms with E-state index in [9.17, 15) is 48.3 Å². The number of hydrogen-bond acceptors (Lipinski definition) is 0. The normalized spacial score (nSPS) is 12.6. The van der Waals surface area contributed by atoms with Crippen molar-refractivity contribution in [3.05, 3.63) is 101 Å². The minimum absolute atomic E-state index is 0.0475. The van der Waals surface area contributed by atoms with Crippen molar-refractivity contribution < 1.29 is 48.3 Å². The van der Waals surface area contributed by atoms with E-state index in [-0.39, 0.29) is 23.2 Å². The number of rotatable bonds is 2. The first-order valence-corrected chi connectivity index (χ1v) is 10.6. The monoisotopic (exact) mass is 545 g/mol. The smallest absolute Gasteiger partial charge is 0.308 e.